The minimum atomic E-state index is -0.166. The summed E-state index contributed by atoms with van der Waals surface area (Å²) in [5.41, 5.74) is 1.08. The van der Waals surface area contributed by atoms with E-state index < -0.39 is 0 Å². The minimum Gasteiger partial charge on any atom is -0.352 e. The third-order valence-electron chi connectivity index (χ3n) is 3.90. The number of nitrogens with zero attached hydrogens (tertiary/aromatic N) is 1. The van der Waals surface area contributed by atoms with Crippen LogP contribution in [-0.2, 0) is 11.3 Å². The van der Waals surface area contributed by atoms with Crippen molar-refractivity contribution in [1.82, 2.24) is 20.9 Å². The summed E-state index contributed by atoms with van der Waals surface area (Å²) in [5, 5.41) is 9.04. The van der Waals surface area contributed by atoms with Crippen LogP contribution >= 0.6 is 0 Å². The lowest BCUT2D eigenvalue weighted by Crippen LogP contribution is -2.46. The fraction of sp³-hybridized carbons (Fsp3) is 0.529. The van der Waals surface area contributed by atoms with Gasteiger partial charge < -0.3 is 20.9 Å². The Labute approximate surface area is 137 Å². The second-order valence-electron chi connectivity index (χ2n) is 5.93. The molecule has 23 heavy (non-hydrogen) atoms. The summed E-state index contributed by atoms with van der Waals surface area (Å²) >= 11 is 0. The van der Waals surface area contributed by atoms with Gasteiger partial charge in [0.2, 0.25) is 5.91 Å². The Kier molecular flexibility index (Phi) is 6.87. The second kappa shape index (κ2) is 9.15. The first-order valence-corrected chi connectivity index (χ1v) is 8.18. The van der Waals surface area contributed by atoms with Crippen LogP contribution < -0.4 is 16.0 Å². The maximum Gasteiger partial charge on any atom is 0.317 e. The van der Waals surface area contributed by atoms with E-state index in [-0.39, 0.29) is 18.0 Å². The third kappa shape index (κ3) is 6.28. The molecule has 0 radical (unpaired) electrons. The van der Waals surface area contributed by atoms with Crippen LogP contribution in [0.15, 0.2) is 30.3 Å². The molecule has 1 saturated heterocycles. The first kappa shape index (κ1) is 17.3. The van der Waals surface area contributed by atoms with Crippen LogP contribution in [0, 0.1) is 0 Å². The van der Waals surface area contributed by atoms with Gasteiger partial charge in [-0.15, -0.1) is 0 Å². The van der Waals surface area contributed by atoms with E-state index in [1.807, 2.05) is 30.3 Å². The van der Waals surface area contributed by atoms with Gasteiger partial charge in [0.1, 0.15) is 0 Å². The predicted molar refractivity (Wildman–Crippen MR) is 90.0 cm³/mol. The number of benzene rings is 1. The van der Waals surface area contributed by atoms with E-state index in [1.54, 1.807) is 11.9 Å². The Hall–Kier alpha value is -2.08. The van der Waals surface area contributed by atoms with E-state index in [4.69, 9.17) is 0 Å². The zero-order valence-electron chi connectivity index (χ0n) is 13.7. The smallest absolute Gasteiger partial charge is 0.317 e. The zero-order chi connectivity index (χ0) is 16.5. The van der Waals surface area contributed by atoms with Gasteiger partial charge in [0.25, 0.3) is 0 Å². The molecule has 1 aliphatic rings. The molecule has 0 spiro atoms. The minimum absolute atomic E-state index is 0.00953. The summed E-state index contributed by atoms with van der Waals surface area (Å²) < 4.78 is 0. The van der Waals surface area contributed by atoms with E-state index in [1.165, 1.54) is 0 Å². The first-order chi connectivity index (χ1) is 11.1. The number of piperidine rings is 1. The SMILES string of the molecule is CN(Cc1ccccc1)C(=O)NCCC(=O)NC1CCCNC1. The molecule has 0 aromatic heterocycles. The largest absolute Gasteiger partial charge is 0.352 e. The highest BCUT2D eigenvalue weighted by molar-refractivity contribution is 5.78. The normalized spacial score (nSPS) is 17.3. The predicted octanol–water partition coefficient (Wildman–Crippen LogP) is 1.09. The molecule has 1 unspecified atom stereocenters. The van der Waals surface area contributed by atoms with E-state index >= 15 is 0 Å². The van der Waals surface area contributed by atoms with Crippen molar-refractivity contribution in [3.8, 4) is 0 Å². The van der Waals surface area contributed by atoms with Crippen LogP contribution in [0.3, 0.4) is 0 Å². The van der Waals surface area contributed by atoms with Crippen molar-refractivity contribution in [2.75, 3.05) is 26.7 Å². The molecule has 0 saturated carbocycles. The lowest BCUT2D eigenvalue weighted by Gasteiger charge is -2.24. The number of urea groups is 1. The Morgan fingerprint density at radius 1 is 1.30 bits per heavy atom. The molecular weight excluding hydrogens is 292 g/mol. The molecule has 1 aromatic carbocycles. The van der Waals surface area contributed by atoms with Crippen LogP contribution in [0.4, 0.5) is 4.79 Å². The Morgan fingerprint density at radius 3 is 2.78 bits per heavy atom. The highest BCUT2D eigenvalue weighted by Crippen LogP contribution is 2.03. The maximum absolute atomic E-state index is 12.0. The third-order valence-corrected chi connectivity index (χ3v) is 3.90. The van der Waals surface area contributed by atoms with Crippen molar-refractivity contribution in [3.05, 3.63) is 35.9 Å². The monoisotopic (exact) mass is 318 g/mol. The van der Waals surface area contributed by atoms with Gasteiger partial charge in [0.15, 0.2) is 0 Å². The van der Waals surface area contributed by atoms with Gasteiger partial charge >= 0.3 is 6.03 Å². The topological polar surface area (TPSA) is 73.5 Å². The van der Waals surface area contributed by atoms with E-state index in [2.05, 4.69) is 16.0 Å². The van der Waals surface area contributed by atoms with Crippen molar-refractivity contribution < 1.29 is 9.59 Å². The zero-order valence-corrected chi connectivity index (χ0v) is 13.7. The Morgan fingerprint density at radius 2 is 2.09 bits per heavy atom. The number of nitrogens with one attached hydrogen (secondary N) is 3. The van der Waals surface area contributed by atoms with Crippen molar-refractivity contribution >= 4 is 11.9 Å². The average Bonchev–Trinajstić information content (AvgIpc) is 2.56. The summed E-state index contributed by atoms with van der Waals surface area (Å²) in [7, 11) is 1.75. The van der Waals surface area contributed by atoms with Gasteiger partial charge in [-0.05, 0) is 24.9 Å². The molecule has 0 aliphatic carbocycles. The summed E-state index contributed by atoms with van der Waals surface area (Å²) in [6, 6.07) is 9.86. The molecule has 1 heterocycles. The Balaban J connectivity index is 1.62. The van der Waals surface area contributed by atoms with Gasteiger partial charge in [-0.2, -0.15) is 0 Å². The molecular formula is C17H26N4O2. The number of carbonyl (C=O) groups is 2. The van der Waals surface area contributed by atoms with Gasteiger partial charge in [-0.1, -0.05) is 30.3 Å². The van der Waals surface area contributed by atoms with Crippen molar-refractivity contribution in [2.45, 2.75) is 31.8 Å². The fourth-order valence-electron chi connectivity index (χ4n) is 2.62. The molecule has 2 rings (SSSR count). The van der Waals surface area contributed by atoms with Gasteiger partial charge in [-0.25, -0.2) is 4.79 Å². The molecule has 6 nitrogen and oxygen atoms in total. The molecule has 1 atom stereocenters. The van der Waals surface area contributed by atoms with Crippen molar-refractivity contribution in [3.63, 3.8) is 0 Å². The number of hydrogen-bond donors (Lipinski definition) is 3. The lowest BCUT2D eigenvalue weighted by molar-refractivity contribution is -0.121. The average molecular weight is 318 g/mol. The molecule has 126 valence electrons. The highest BCUT2D eigenvalue weighted by atomic mass is 16.2. The van der Waals surface area contributed by atoms with Crippen LogP contribution in [0.25, 0.3) is 0 Å². The Bertz CT molecular complexity index is 501. The van der Waals surface area contributed by atoms with E-state index in [9.17, 15) is 9.59 Å². The molecule has 1 aromatic rings. The van der Waals surface area contributed by atoms with Crippen molar-refractivity contribution in [1.29, 1.82) is 0 Å². The molecule has 1 aliphatic heterocycles. The summed E-state index contributed by atoms with van der Waals surface area (Å²) in [4.78, 5) is 25.5. The van der Waals surface area contributed by atoms with Gasteiger partial charge in [0, 0.05) is 39.1 Å². The number of hydrogen-bond acceptors (Lipinski definition) is 3. The van der Waals surface area contributed by atoms with Crippen LogP contribution in [0.2, 0.25) is 0 Å². The fourth-order valence-corrected chi connectivity index (χ4v) is 2.62. The molecule has 3 N–H and O–H groups in total. The van der Waals surface area contributed by atoms with Crippen molar-refractivity contribution in [2.24, 2.45) is 0 Å². The molecule has 0 bridgehead atoms. The molecule has 1 fully saturated rings. The maximum atomic E-state index is 12.0. The number of amides is 3. The lowest BCUT2D eigenvalue weighted by atomic mass is 10.1. The highest BCUT2D eigenvalue weighted by Gasteiger charge is 2.15. The second-order valence-corrected chi connectivity index (χ2v) is 5.93. The standard InChI is InChI=1S/C17H26N4O2/c1-21(13-14-6-3-2-4-7-14)17(23)19-11-9-16(22)20-15-8-5-10-18-12-15/h2-4,6-7,15,18H,5,8-13H2,1H3,(H,19,23)(H,20,22). The molecule has 3 amide bonds. The van der Waals surface area contributed by atoms with E-state index in [0.29, 0.717) is 19.5 Å². The summed E-state index contributed by atoms with van der Waals surface area (Å²) in [6.45, 7) is 2.75. The number of rotatable bonds is 6. The first-order valence-electron chi connectivity index (χ1n) is 8.18. The van der Waals surface area contributed by atoms with Gasteiger partial charge in [-0.3, -0.25) is 4.79 Å². The summed E-state index contributed by atoms with van der Waals surface area (Å²) in [6.07, 6.45) is 2.41. The van der Waals surface area contributed by atoms with Crippen LogP contribution in [0.1, 0.15) is 24.8 Å². The van der Waals surface area contributed by atoms with Crippen LogP contribution in [-0.4, -0.2) is 49.6 Å². The summed E-state index contributed by atoms with van der Waals surface area (Å²) in [5.74, 6) is -0.00953. The molecule has 6 heteroatoms. The van der Waals surface area contributed by atoms with E-state index in [0.717, 1.165) is 31.5 Å². The quantitative estimate of drug-likeness (QED) is 0.735. The van der Waals surface area contributed by atoms with Crippen LogP contribution in [0.5, 0.6) is 0 Å². The van der Waals surface area contributed by atoms with Gasteiger partial charge in [0.05, 0.1) is 0 Å². The number of carbonyl (C=O) groups excluding carboxylic acids is 2.